The van der Waals surface area contributed by atoms with Crippen LogP contribution in [0.2, 0.25) is 0 Å². The third-order valence-corrected chi connectivity index (χ3v) is 5.45. The smallest absolute Gasteiger partial charge is 0.304 e. The Morgan fingerprint density at radius 1 is 1.22 bits per heavy atom. The van der Waals surface area contributed by atoms with Crippen LogP contribution in [0.15, 0.2) is 0 Å². The fourth-order valence-electron chi connectivity index (χ4n) is 5.44. The van der Waals surface area contributed by atoms with Crippen LogP contribution < -0.4 is 0 Å². The summed E-state index contributed by atoms with van der Waals surface area (Å²) >= 11 is 0. The highest BCUT2D eigenvalue weighted by Crippen LogP contribution is 2.62. The first-order chi connectivity index (χ1) is 8.58. The first-order valence-corrected chi connectivity index (χ1v) is 7.20. The van der Waals surface area contributed by atoms with E-state index in [1.165, 1.54) is 38.5 Å². The molecule has 0 aromatic carbocycles. The van der Waals surface area contributed by atoms with E-state index in [4.69, 9.17) is 10.4 Å². The first kappa shape index (κ1) is 12.0. The molecule has 0 aromatic heterocycles. The number of nitriles is 1. The summed E-state index contributed by atoms with van der Waals surface area (Å²) in [6.07, 6.45) is 8.84. The lowest BCUT2D eigenvalue weighted by Crippen LogP contribution is -2.46. The predicted octanol–water partition coefficient (Wildman–Crippen LogP) is 3.21. The van der Waals surface area contributed by atoms with Crippen molar-refractivity contribution in [3.63, 3.8) is 0 Å². The fourth-order valence-corrected chi connectivity index (χ4v) is 5.44. The van der Waals surface area contributed by atoms with Crippen molar-refractivity contribution in [3.05, 3.63) is 0 Å². The third-order valence-electron chi connectivity index (χ3n) is 5.45. The average Bonchev–Trinajstić information content (AvgIpc) is 2.25. The van der Waals surface area contributed by atoms with Crippen molar-refractivity contribution < 1.29 is 9.90 Å². The molecule has 3 heteroatoms. The number of hydrogen-bond donors (Lipinski definition) is 1. The molecule has 0 spiro atoms. The Morgan fingerprint density at radius 2 is 1.72 bits per heavy atom. The molecule has 0 amide bonds. The van der Waals surface area contributed by atoms with Crippen molar-refractivity contribution in [2.24, 2.45) is 29.1 Å². The minimum atomic E-state index is -0.828. The lowest BCUT2D eigenvalue weighted by Gasteiger charge is -2.57. The highest BCUT2D eigenvalue weighted by atomic mass is 16.4. The Hall–Kier alpha value is -1.04. The van der Waals surface area contributed by atoms with Gasteiger partial charge in [-0.05, 0) is 68.1 Å². The second-order valence-electron chi connectivity index (χ2n) is 7.05. The van der Waals surface area contributed by atoms with E-state index >= 15 is 0 Å². The van der Waals surface area contributed by atoms with E-state index in [-0.39, 0.29) is 12.3 Å². The molecule has 4 aliphatic rings. The average molecular weight is 247 g/mol. The van der Waals surface area contributed by atoms with Gasteiger partial charge in [-0.3, -0.25) is 4.79 Å². The molecule has 4 bridgehead atoms. The van der Waals surface area contributed by atoms with Crippen molar-refractivity contribution in [1.82, 2.24) is 0 Å². The van der Waals surface area contributed by atoms with Gasteiger partial charge in [0.2, 0.25) is 0 Å². The highest BCUT2D eigenvalue weighted by molar-refractivity contribution is 5.67. The summed E-state index contributed by atoms with van der Waals surface area (Å²) in [5, 5.41) is 18.0. The fraction of sp³-hybridized carbons (Fsp3) is 0.867. The molecule has 0 aromatic rings. The highest BCUT2D eigenvalue weighted by Gasteiger charge is 2.51. The molecule has 1 unspecified atom stereocenters. The Bertz CT molecular complexity index is 361. The molecule has 3 nitrogen and oxygen atoms in total. The van der Waals surface area contributed by atoms with Gasteiger partial charge in [-0.15, -0.1) is 0 Å². The van der Waals surface area contributed by atoms with Crippen LogP contribution in [0.1, 0.15) is 51.4 Å². The van der Waals surface area contributed by atoms with E-state index in [2.05, 4.69) is 6.07 Å². The van der Waals surface area contributed by atoms with Crippen LogP contribution in [-0.2, 0) is 4.79 Å². The number of nitrogens with zero attached hydrogens (tertiary/aromatic N) is 1. The maximum atomic E-state index is 10.8. The predicted molar refractivity (Wildman–Crippen MR) is 66.6 cm³/mol. The Morgan fingerprint density at radius 3 is 2.11 bits per heavy atom. The van der Waals surface area contributed by atoms with Crippen LogP contribution in [0.4, 0.5) is 0 Å². The molecule has 4 aliphatic carbocycles. The summed E-state index contributed by atoms with van der Waals surface area (Å²) in [6, 6.07) is 2.23. The minimum Gasteiger partial charge on any atom is -0.481 e. The lowest BCUT2D eigenvalue weighted by molar-refractivity contribution is -0.138. The molecule has 0 radical (unpaired) electrons. The minimum absolute atomic E-state index is 0.0260. The second kappa shape index (κ2) is 4.26. The van der Waals surface area contributed by atoms with Crippen LogP contribution in [0.3, 0.4) is 0 Å². The largest absolute Gasteiger partial charge is 0.481 e. The normalized spacial score (nSPS) is 42.5. The van der Waals surface area contributed by atoms with Crippen LogP contribution in [0, 0.1) is 40.4 Å². The summed E-state index contributed by atoms with van der Waals surface area (Å²) in [5.74, 6) is 1.52. The van der Waals surface area contributed by atoms with Gasteiger partial charge in [0.1, 0.15) is 0 Å². The van der Waals surface area contributed by atoms with Gasteiger partial charge < -0.3 is 5.11 Å². The van der Waals surface area contributed by atoms with Gasteiger partial charge in [0.25, 0.3) is 0 Å². The van der Waals surface area contributed by atoms with E-state index < -0.39 is 5.97 Å². The molecule has 1 N–H and O–H groups in total. The quantitative estimate of drug-likeness (QED) is 0.829. The van der Waals surface area contributed by atoms with Crippen molar-refractivity contribution >= 4 is 5.97 Å². The van der Waals surface area contributed by atoms with Gasteiger partial charge in [-0.2, -0.15) is 5.26 Å². The standard InChI is InChI=1S/C15H21NO2/c16-9-13(4-14(17)18)8-15-5-10-1-11(6-15)3-12(2-10)7-15/h10-13H,1-8H2,(H,17,18). The van der Waals surface area contributed by atoms with Crippen LogP contribution >= 0.6 is 0 Å². The van der Waals surface area contributed by atoms with E-state index in [0.29, 0.717) is 5.41 Å². The molecule has 0 saturated heterocycles. The van der Waals surface area contributed by atoms with Crippen molar-refractivity contribution in [2.75, 3.05) is 0 Å². The summed E-state index contributed by atoms with van der Waals surface area (Å²) in [6.45, 7) is 0. The van der Waals surface area contributed by atoms with Crippen molar-refractivity contribution in [2.45, 2.75) is 51.4 Å². The molecular weight excluding hydrogens is 226 g/mol. The maximum Gasteiger partial charge on any atom is 0.304 e. The number of rotatable bonds is 4. The molecule has 4 rings (SSSR count). The van der Waals surface area contributed by atoms with E-state index in [1.54, 1.807) is 0 Å². The first-order valence-electron chi connectivity index (χ1n) is 7.20. The van der Waals surface area contributed by atoms with Crippen LogP contribution in [0.5, 0.6) is 0 Å². The SMILES string of the molecule is N#CC(CC(=O)O)CC12CC3CC(CC(C3)C1)C2. The lowest BCUT2D eigenvalue weighted by atomic mass is 9.48. The summed E-state index contributed by atoms with van der Waals surface area (Å²) < 4.78 is 0. The number of carbonyl (C=O) groups is 1. The van der Waals surface area contributed by atoms with Crippen molar-refractivity contribution in [3.8, 4) is 6.07 Å². The zero-order valence-electron chi connectivity index (χ0n) is 10.8. The molecular formula is C15H21NO2. The Labute approximate surface area is 108 Å². The molecule has 18 heavy (non-hydrogen) atoms. The molecule has 0 aliphatic heterocycles. The zero-order valence-corrected chi connectivity index (χ0v) is 10.8. The second-order valence-corrected chi connectivity index (χ2v) is 7.05. The van der Waals surface area contributed by atoms with E-state index in [0.717, 1.165) is 24.2 Å². The molecule has 4 fully saturated rings. The van der Waals surface area contributed by atoms with Gasteiger partial charge in [0, 0.05) is 0 Å². The molecule has 0 heterocycles. The zero-order chi connectivity index (χ0) is 12.8. The molecule has 1 atom stereocenters. The molecule has 98 valence electrons. The van der Waals surface area contributed by atoms with Gasteiger partial charge in [-0.25, -0.2) is 0 Å². The van der Waals surface area contributed by atoms with Gasteiger partial charge >= 0.3 is 5.97 Å². The third kappa shape index (κ3) is 2.13. The van der Waals surface area contributed by atoms with E-state index in [1.807, 2.05) is 0 Å². The van der Waals surface area contributed by atoms with Crippen LogP contribution in [-0.4, -0.2) is 11.1 Å². The molecule has 4 saturated carbocycles. The summed E-state index contributed by atoms with van der Waals surface area (Å²) in [7, 11) is 0. The summed E-state index contributed by atoms with van der Waals surface area (Å²) in [5.41, 5.74) is 0.324. The Kier molecular flexibility index (Phi) is 2.84. The Balaban J connectivity index is 1.71. The van der Waals surface area contributed by atoms with Gasteiger partial charge in [-0.1, -0.05) is 0 Å². The van der Waals surface area contributed by atoms with E-state index in [9.17, 15) is 4.79 Å². The van der Waals surface area contributed by atoms with Gasteiger partial charge in [0.05, 0.1) is 18.4 Å². The number of aliphatic carboxylic acids is 1. The summed E-state index contributed by atoms with van der Waals surface area (Å²) in [4.78, 5) is 10.8. The number of hydrogen-bond acceptors (Lipinski definition) is 2. The van der Waals surface area contributed by atoms with Gasteiger partial charge in [0.15, 0.2) is 0 Å². The topological polar surface area (TPSA) is 61.1 Å². The monoisotopic (exact) mass is 247 g/mol. The number of carboxylic acids is 1. The van der Waals surface area contributed by atoms with Crippen molar-refractivity contribution in [1.29, 1.82) is 5.26 Å². The van der Waals surface area contributed by atoms with Crippen LogP contribution in [0.25, 0.3) is 0 Å². The maximum absolute atomic E-state index is 10.8. The number of carboxylic acid groups (broad SMARTS) is 1.